The third kappa shape index (κ3) is 3.22. The van der Waals surface area contributed by atoms with Gasteiger partial charge in [-0.2, -0.15) is 0 Å². The predicted octanol–water partition coefficient (Wildman–Crippen LogP) is 3.50. The van der Waals surface area contributed by atoms with Crippen LogP contribution in [0.2, 0.25) is 0 Å². The van der Waals surface area contributed by atoms with Gasteiger partial charge < -0.3 is 10.0 Å². The quantitative estimate of drug-likeness (QED) is 0.924. The van der Waals surface area contributed by atoms with E-state index in [9.17, 15) is 5.11 Å². The Kier molecular flexibility index (Phi) is 4.27. The van der Waals surface area contributed by atoms with Crippen molar-refractivity contribution >= 4 is 32.3 Å². The van der Waals surface area contributed by atoms with Gasteiger partial charge in [-0.05, 0) is 59.7 Å². The Morgan fingerprint density at radius 1 is 1.38 bits per heavy atom. The van der Waals surface area contributed by atoms with Crippen molar-refractivity contribution in [3.8, 4) is 0 Å². The molecule has 0 aliphatic heterocycles. The number of nitrogens with zero attached hydrogens (tertiary/aromatic N) is 1. The molecule has 2 rings (SSSR count). The third-order valence-corrected chi connectivity index (χ3v) is 5.02. The van der Waals surface area contributed by atoms with Gasteiger partial charge in [0, 0.05) is 13.6 Å². The molecule has 1 aliphatic rings. The molecule has 0 saturated heterocycles. The Labute approximate surface area is 109 Å². The normalized spacial score (nSPS) is 25.7. The lowest BCUT2D eigenvalue weighted by Crippen LogP contribution is -2.29. The summed E-state index contributed by atoms with van der Waals surface area (Å²) >= 11 is 5.27. The molecule has 1 aromatic heterocycles. The molecule has 0 unspecified atom stereocenters. The molecule has 0 atom stereocenters. The Morgan fingerprint density at radius 2 is 2.06 bits per heavy atom. The molecule has 0 spiro atoms. The van der Waals surface area contributed by atoms with Crippen molar-refractivity contribution in [3.63, 3.8) is 0 Å². The van der Waals surface area contributed by atoms with Gasteiger partial charge >= 0.3 is 0 Å². The van der Waals surface area contributed by atoms with Crippen LogP contribution in [0, 0.1) is 5.92 Å². The van der Waals surface area contributed by atoms with Gasteiger partial charge in [0.2, 0.25) is 0 Å². The zero-order valence-corrected chi connectivity index (χ0v) is 11.9. The van der Waals surface area contributed by atoms with E-state index in [0.29, 0.717) is 0 Å². The van der Waals surface area contributed by atoms with E-state index in [2.05, 4.69) is 40.0 Å². The van der Waals surface area contributed by atoms with Crippen LogP contribution < -0.4 is 4.90 Å². The summed E-state index contributed by atoms with van der Waals surface area (Å²) in [7, 11) is 2.16. The fourth-order valence-corrected chi connectivity index (χ4v) is 3.65. The second kappa shape index (κ2) is 5.52. The summed E-state index contributed by atoms with van der Waals surface area (Å²) in [4.78, 5) is 2.33. The lowest BCUT2D eigenvalue weighted by molar-refractivity contribution is 0.110. The highest BCUT2D eigenvalue weighted by Crippen LogP contribution is 2.31. The second-order valence-electron chi connectivity index (χ2n) is 4.63. The Bertz CT molecular complexity index is 334. The molecule has 4 heteroatoms. The summed E-state index contributed by atoms with van der Waals surface area (Å²) in [5, 5.41) is 10.8. The van der Waals surface area contributed by atoms with Crippen LogP contribution in [0.25, 0.3) is 0 Å². The predicted molar refractivity (Wildman–Crippen MR) is 73.3 cm³/mol. The van der Waals surface area contributed by atoms with E-state index >= 15 is 0 Å². The lowest BCUT2D eigenvalue weighted by Gasteiger charge is -2.29. The molecule has 2 nitrogen and oxygen atoms in total. The molecule has 0 radical (unpaired) electrons. The van der Waals surface area contributed by atoms with E-state index in [4.69, 9.17) is 0 Å². The highest BCUT2D eigenvalue weighted by atomic mass is 79.9. The number of rotatable bonds is 3. The van der Waals surface area contributed by atoms with Crippen LogP contribution in [-0.2, 0) is 0 Å². The Hall–Kier alpha value is -0.0600. The highest BCUT2D eigenvalue weighted by molar-refractivity contribution is 9.11. The first-order valence-corrected chi connectivity index (χ1v) is 7.40. The maximum Gasteiger partial charge on any atom is 0.0917 e. The molecule has 1 fully saturated rings. The van der Waals surface area contributed by atoms with E-state index in [1.807, 2.05) is 0 Å². The smallest absolute Gasteiger partial charge is 0.0917 e. The molecule has 1 heterocycles. The van der Waals surface area contributed by atoms with Crippen molar-refractivity contribution in [2.75, 3.05) is 18.5 Å². The minimum absolute atomic E-state index is 0.0440. The Morgan fingerprint density at radius 3 is 2.62 bits per heavy atom. The minimum Gasteiger partial charge on any atom is -0.393 e. The first-order valence-electron chi connectivity index (χ1n) is 5.79. The molecule has 90 valence electrons. The van der Waals surface area contributed by atoms with E-state index in [-0.39, 0.29) is 6.10 Å². The first-order chi connectivity index (χ1) is 7.65. The molecule has 1 saturated carbocycles. The van der Waals surface area contributed by atoms with Crippen molar-refractivity contribution in [3.05, 3.63) is 15.9 Å². The molecule has 0 amide bonds. The van der Waals surface area contributed by atoms with Crippen LogP contribution in [0.1, 0.15) is 25.7 Å². The molecular weight excluding hydrogens is 286 g/mol. The average molecular weight is 304 g/mol. The number of hydrogen-bond acceptors (Lipinski definition) is 3. The van der Waals surface area contributed by atoms with Crippen LogP contribution >= 0.6 is 27.3 Å². The van der Waals surface area contributed by atoms with Crippen LogP contribution in [-0.4, -0.2) is 24.8 Å². The van der Waals surface area contributed by atoms with Crippen LogP contribution in [0.15, 0.2) is 15.9 Å². The maximum absolute atomic E-state index is 9.46. The van der Waals surface area contributed by atoms with Gasteiger partial charge in [-0.1, -0.05) is 0 Å². The lowest BCUT2D eigenvalue weighted by atomic mass is 9.87. The Balaban J connectivity index is 1.85. The SMILES string of the molecule is CN(CC1CCC(O)CC1)c1ccc(Br)s1. The molecule has 1 aliphatic carbocycles. The number of thiophene rings is 1. The highest BCUT2D eigenvalue weighted by Gasteiger charge is 2.20. The van der Waals surface area contributed by atoms with E-state index in [1.54, 1.807) is 11.3 Å². The summed E-state index contributed by atoms with van der Waals surface area (Å²) in [5.41, 5.74) is 0. The fraction of sp³-hybridized carbons (Fsp3) is 0.667. The van der Waals surface area contributed by atoms with Gasteiger partial charge in [0.15, 0.2) is 0 Å². The fourth-order valence-electron chi connectivity index (χ4n) is 2.31. The van der Waals surface area contributed by atoms with Crippen LogP contribution in [0.4, 0.5) is 5.00 Å². The third-order valence-electron chi connectivity index (χ3n) is 3.28. The molecule has 1 aromatic rings. The van der Waals surface area contributed by atoms with Crippen molar-refractivity contribution in [1.82, 2.24) is 0 Å². The maximum atomic E-state index is 9.46. The largest absolute Gasteiger partial charge is 0.393 e. The van der Waals surface area contributed by atoms with Gasteiger partial charge in [-0.25, -0.2) is 0 Å². The average Bonchev–Trinajstić information content (AvgIpc) is 2.68. The number of hydrogen-bond donors (Lipinski definition) is 1. The standard InChI is InChI=1S/C12H18BrNOS/c1-14(12-7-6-11(13)16-12)8-9-2-4-10(15)5-3-9/h6-7,9-10,15H,2-5,8H2,1H3. The monoisotopic (exact) mass is 303 g/mol. The summed E-state index contributed by atoms with van der Waals surface area (Å²) in [5.74, 6) is 0.745. The summed E-state index contributed by atoms with van der Waals surface area (Å²) in [6, 6.07) is 4.26. The number of aliphatic hydroxyl groups excluding tert-OH is 1. The van der Waals surface area contributed by atoms with E-state index in [0.717, 1.165) is 38.1 Å². The second-order valence-corrected chi connectivity index (χ2v) is 7.07. The van der Waals surface area contributed by atoms with Crippen molar-refractivity contribution in [2.24, 2.45) is 5.92 Å². The van der Waals surface area contributed by atoms with Crippen LogP contribution in [0.3, 0.4) is 0 Å². The summed E-state index contributed by atoms with van der Waals surface area (Å²) < 4.78 is 1.19. The van der Waals surface area contributed by atoms with Crippen LogP contribution in [0.5, 0.6) is 0 Å². The zero-order chi connectivity index (χ0) is 11.5. The molecule has 0 aromatic carbocycles. The minimum atomic E-state index is -0.0440. The first kappa shape index (κ1) is 12.4. The number of halogens is 1. The van der Waals surface area contributed by atoms with Gasteiger partial charge in [0.05, 0.1) is 14.9 Å². The van der Waals surface area contributed by atoms with Crippen molar-refractivity contribution in [2.45, 2.75) is 31.8 Å². The van der Waals surface area contributed by atoms with Gasteiger partial charge in [0.1, 0.15) is 0 Å². The topological polar surface area (TPSA) is 23.5 Å². The van der Waals surface area contributed by atoms with E-state index in [1.165, 1.54) is 8.79 Å². The molecule has 16 heavy (non-hydrogen) atoms. The zero-order valence-electron chi connectivity index (χ0n) is 9.53. The summed E-state index contributed by atoms with van der Waals surface area (Å²) in [6.45, 7) is 1.11. The van der Waals surface area contributed by atoms with E-state index < -0.39 is 0 Å². The van der Waals surface area contributed by atoms with Gasteiger partial charge in [0.25, 0.3) is 0 Å². The number of anilines is 1. The van der Waals surface area contributed by atoms with Crippen molar-refractivity contribution in [1.29, 1.82) is 0 Å². The van der Waals surface area contributed by atoms with Gasteiger partial charge in [-0.3, -0.25) is 0 Å². The van der Waals surface area contributed by atoms with Gasteiger partial charge in [-0.15, -0.1) is 11.3 Å². The molecular formula is C12H18BrNOS. The van der Waals surface area contributed by atoms with Crippen molar-refractivity contribution < 1.29 is 5.11 Å². The number of aliphatic hydroxyl groups is 1. The molecule has 0 bridgehead atoms. The summed E-state index contributed by atoms with van der Waals surface area (Å²) in [6.07, 6.45) is 4.24. The molecule has 1 N–H and O–H groups in total.